The molecule has 0 aliphatic carbocycles. The van der Waals surface area contributed by atoms with Gasteiger partial charge in [-0.15, -0.1) is 36.2 Å². The summed E-state index contributed by atoms with van der Waals surface area (Å²) < 4.78 is 5.37. The summed E-state index contributed by atoms with van der Waals surface area (Å²) in [6.45, 7) is 4.06. The number of thiazole rings is 1. The molecule has 0 aromatic carbocycles. The van der Waals surface area contributed by atoms with Crippen LogP contribution in [0.5, 0.6) is 0 Å². The zero-order valence-corrected chi connectivity index (χ0v) is 16.3. The van der Waals surface area contributed by atoms with Gasteiger partial charge in [0, 0.05) is 42.3 Å². The maximum Gasteiger partial charge on any atom is 0.222 e. The molecule has 1 amide bonds. The molecular weight excluding hydrogens is 383 g/mol. The Morgan fingerprint density at radius 3 is 2.88 bits per heavy atom. The highest BCUT2D eigenvalue weighted by Gasteiger charge is 2.19. The summed E-state index contributed by atoms with van der Waals surface area (Å²) in [4.78, 5) is 20.8. The fourth-order valence-electron chi connectivity index (χ4n) is 2.48. The molecule has 3 rings (SSSR count). The number of nitrogens with zero attached hydrogens (tertiary/aromatic N) is 2. The van der Waals surface area contributed by atoms with E-state index in [-0.39, 0.29) is 42.8 Å². The topological polar surface area (TPSA) is 76.1 Å². The Hall–Kier alpha value is -1.25. The van der Waals surface area contributed by atoms with Crippen LogP contribution in [0.4, 0.5) is 0 Å². The van der Waals surface area contributed by atoms with Crippen LogP contribution in [0.15, 0.2) is 29.9 Å². The summed E-state index contributed by atoms with van der Waals surface area (Å²) in [6.07, 6.45) is 3.92. The van der Waals surface area contributed by atoms with E-state index in [1.165, 1.54) is 0 Å². The standard InChI is InChI=1S/C16H20N4O2S.2ClH/c1-11(19-15(21)8-13-9-22-7-6-18-13)16-20-14(10-23-16)12-2-4-17-5-3-12;;/h2-5,10-11,13,18H,6-9H2,1H3,(H,19,21);2*1H. The van der Waals surface area contributed by atoms with Gasteiger partial charge in [-0.3, -0.25) is 9.78 Å². The number of aromatic nitrogens is 2. The molecule has 1 aliphatic rings. The third-order valence-electron chi connectivity index (χ3n) is 3.68. The molecule has 1 fully saturated rings. The zero-order chi connectivity index (χ0) is 16.1. The van der Waals surface area contributed by atoms with Crippen LogP contribution in [0.25, 0.3) is 11.3 Å². The lowest BCUT2D eigenvalue weighted by Crippen LogP contribution is -2.44. The van der Waals surface area contributed by atoms with Gasteiger partial charge in [-0.1, -0.05) is 0 Å². The minimum atomic E-state index is -0.104. The second-order valence-corrected chi connectivity index (χ2v) is 6.42. The summed E-state index contributed by atoms with van der Waals surface area (Å²) in [7, 11) is 0. The summed E-state index contributed by atoms with van der Waals surface area (Å²) in [5.74, 6) is 0.0150. The number of carbonyl (C=O) groups excluding carboxylic acids is 1. The van der Waals surface area contributed by atoms with Crippen LogP contribution in [-0.4, -0.2) is 41.7 Å². The molecule has 3 heterocycles. The lowest BCUT2D eigenvalue weighted by atomic mass is 10.2. The van der Waals surface area contributed by atoms with Gasteiger partial charge < -0.3 is 15.4 Å². The minimum Gasteiger partial charge on any atom is -0.378 e. The van der Waals surface area contributed by atoms with Gasteiger partial charge >= 0.3 is 0 Å². The van der Waals surface area contributed by atoms with Crippen LogP contribution < -0.4 is 10.6 Å². The molecule has 138 valence electrons. The molecule has 25 heavy (non-hydrogen) atoms. The van der Waals surface area contributed by atoms with Crippen LogP contribution in [-0.2, 0) is 9.53 Å². The van der Waals surface area contributed by atoms with E-state index in [1.807, 2.05) is 24.4 Å². The average molecular weight is 405 g/mol. The number of nitrogens with one attached hydrogen (secondary N) is 2. The fourth-order valence-corrected chi connectivity index (χ4v) is 3.31. The van der Waals surface area contributed by atoms with Crippen molar-refractivity contribution in [2.45, 2.75) is 25.4 Å². The predicted molar refractivity (Wildman–Crippen MR) is 104 cm³/mol. The molecule has 2 N–H and O–H groups in total. The Balaban J connectivity index is 0.00000156. The molecule has 9 heteroatoms. The number of hydrogen-bond acceptors (Lipinski definition) is 6. The van der Waals surface area contributed by atoms with Crippen molar-refractivity contribution < 1.29 is 9.53 Å². The van der Waals surface area contributed by atoms with E-state index >= 15 is 0 Å². The number of ether oxygens (including phenoxy) is 1. The van der Waals surface area contributed by atoms with Gasteiger partial charge in [0.15, 0.2) is 0 Å². The fraction of sp³-hybridized carbons (Fsp3) is 0.438. The number of amides is 1. The number of morpholine rings is 1. The van der Waals surface area contributed by atoms with E-state index in [0.29, 0.717) is 19.6 Å². The highest BCUT2D eigenvalue weighted by Crippen LogP contribution is 2.25. The third-order valence-corrected chi connectivity index (χ3v) is 4.70. The van der Waals surface area contributed by atoms with Crippen molar-refractivity contribution in [3.8, 4) is 11.3 Å². The van der Waals surface area contributed by atoms with Gasteiger partial charge in [0.1, 0.15) is 5.01 Å². The van der Waals surface area contributed by atoms with Crippen LogP contribution in [0.3, 0.4) is 0 Å². The van der Waals surface area contributed by atoms with Gasteiger partial charge in [0.05, 0.1) is 24.9 Å². The molecule has 2 aromatic heterocycles. The van der Waals surface area contributed by atoms with Crippen molar-refractivity contribution in [2.24, 2.45) is 0 Å². The molecule has 0 bridgehead atoms. The van der Waals surface area contributed by atoms with Crippen molar-refractivity contribution in [3.05, 3.63) is 34.9 Å². The first-order chi connectivity index (χ1) is 11.2. The predicted octanol–water partition coefficient (Wildman–Crippen LogP) is 2.60. The summed E-state index contributed by atoms with van der Waals surface area (Å²) in [5, 5.41) is 9.20. The molecule has 2 atom stereocenters. The Bertz CT molecular complexity index is 651. The van der Waals surface area contributed by atoms with Crippen LogP contribution in [0, 0.1) is 0 Å². The lowest BCUT2D eigenvalue weighted by molar-refractivity contribution is -0.122. The SMILES string of the molecule is CC(NC(=O)CC1COCCN1)c1nc(-c2ccncc2)cs1.Cl.Cl. The van der Waals surface area contributed by atoms with Gasteiger partial charge in [0.25, 0.3) is 0 Å². The molecule has 1 saturated heterocycles. The van der Waals surface area contributed by atoms with Crippen LogP contribution >= 0.6 is 36.2 Å². The molecule has 1 aliphatic heterocycles. The summed E-state index contributed by atoms with van der Waals surface area (Å²) >= 11 is 1.55. The molecule has 0 spiro atoms. The summed E-state index contributed by atoms with van der Waals surface area (Å²) in [6, 6.07) is 3.85. The molecule has 2 unspecified atom stereocenters. The normalized spacial score (nSPS) is 17.7. The molecule has 0 saturated carbocycles. The van der Waals surface area contributed by atoms with E-state index in [2.05, 4.69) is 20.6 Å². The van der Waals surface area contributed by atoms with E-state index < -0.39 is 0 Å². The third kappa shape index (κ3) is 6.20. The van der Waals surface area contributed by atoms with Crippen LogP contribution in [0.2, 0.25) is 0 Å². The Morgan fingerprint density at radius 1 is 1.44 bits per heavy atom. The Labute approximate surface area is 163 Å². The van der Waals surface area contributed by atoms with Crippen molar-refractivity contribution in [1.82, 2.24) is 20.6 Å². The number of rotatable bonds is 5. The largest absolute Gasteiger partial charge is 0.378 e. The highest BCUT2D eigenvalue weighted by molar-refractivity contribution is 7.10. The van der Waals surface area contributed by atoms with E-state index in [1.54, 1.807) is 23.7 Å². The maximum atomic E-state index is 12.1. The van der Waals surface area contributed by atoms with Crippen molar-refractivity contribution in [2.75, 3.05) is 19.8 Å². The van der Waals surface area contributed by atoms with E-state index in [9.17, 15) is 4.79 Å². The minimum absolute atomic E-state index is 0. The quantitative estimate of drug-likeness (QED) is 0.800. The number of hydrogen-bond donors (Lipinski definition) is 2. The smallest absolute Gasteiger partial charge is 0.222 e. The van der Waals surface area contributed by atoms with Crippen molar-refractivity contribution >= 4 is 42.1 Å². The van der Waals surface area contributed by atoms with E-state index in [4.69, 9.17) is 4.74 Å². The summed E-state index contributed by atoms with van der Waals surface area (Å²) in [5.41, 5.74) is 1.94. The zero-order valence-electron chi connectivity index (χ0n) is 13.8. The second kappa shape index (κ2) is 10.7. The number of halogens is 2. The lowest BCUT2D eigenvalue weighted by Gasteiger charge is -2.23. The molecular formula is C16H22Cl2N4O2S. The highest BCUT2D eigenvalue weighted by atomic mass is 35.5. The Morgan fingerprint density at radius 2 is 2.20 bits per heavy atom. The maximum absolute atomic E-state index is 12.1. The monoisotopic (exact) mass is 404 g/mol. The Kier molecular flexibility index (Phi) is 9.31. The molecule has 6 nitrogen and oxygen atoms in total. The van der Waals surface area contributed by atoms with Crippen molar-refractivity contribution in [1.29, 1.82) is 0 Å². The number of carbonyl (C=O) groups is 1. The van der Waals surface area contributed by atoms with E-state index in [0.717, 1.165) is 22.8 Å². The first-order valence-electron chi connectivity index (χ1n) is 7.68. The van der Waals surface area contributed by atoms with Gasteiger partial charge in [-0.25, -0.2) is 4.98 Å². The number of pyridine rings is 1. The van der Waals surface area contributed by atoms with Gasteiger partial charge in [0.2, 0.25) is 5.91 Å². The molecule has 0 radical (unpaired) electrons. The molecule has 2 aromatic rings. The average Bonchev–Trinajstić information content (AvgIpc) is 3.06. The first-order valence-corrected chi connectivity index (χ1v) is 8.56. The van der Waals surface area contributed by atoms with Gasteiger partial charge in [-0.05, 0) is 19.1 Å². The second-order valence-electron chi connectivity index (χ2n) is 5.53. The van der Waals surface area contributed by atoms with Gasteiger partial charge in [-0.2, -0.15) is 0 Å². The van der Waals surface area contributed by atoms with Crippen molar-refractivity contribution in [3.63, 3.8) is 0 Å². The van der Waals surface area contributed by atoms with Crippen LogP contribution in [0.1, 0.15) is 24.4 Å². The first kappa shape index (κ1) is 21.8.